The first kappa shape index (κ1) is 21.4. The monoisotopic (exact) mass is 316 g/mol. The zero-order chi connectivity index (χ0) is 16.6. The second-order valence-electron chi connectivity index (χ2n) is 6.48. The number of hydrogen-bond donors (Lipinski definition) is 3. The summed E-state index contributed by atoms with van der Waals surface area (Å²) < 4.78 is 0. The molecule has 0 aromatic heterocycles. The number of hydrogen-bond acceptors (Lipinski definition) is 3. The van der Waals surface area contributed by atoms with Gasteiger partial charge in [-0.15, -0.1) is 0 Å². The number of rotatable bonds is 16. The molecule has 132 valence electrons. The van der Waals surface area contributed by atoms with Crippen LogP contribution in [0.4, 0.5) is 0 Å². The minimum atomic E-state index is -0.717. The first-order chi connectivity index (χ1) is 10.6. The third-order valence-corrected chi connectivity index (χ3v) is 4.30. The fourth-order valence-corrected chi connectivity index (χ4v) is 2.81. The minimum absolute atomic E-state index is 0.179. The van der Waals surface area contributed by atoms with Crippen molar-refractivity contribution in [1.29, 1.82) is 0 Å². The van der Waals surface area contributed by atoms with Crippen LogP contribution in [-0.4, -0.2) is 34.0 Å². The van der Waals surface area contributed by atoms with E-state index in [1.54, 1.807) is 0 Å². The Morgan fingerprint density at radius 2 is 1.45 bits per heavy atom. The third kappa shape index (κ3) is 14.3. The molecule has 0 aliphatic carbocycles. The normalized spacial score (nSPS) is 14.0. The quantitative estimate of drug-likeness (QED) is 0.374. The van der Waals surface area contributed by atoms with Crippen LogP contribution in [0.25, 0.3) is 0 Å². The van der Waals surface area contributed by atoms with Crippen LogP contribution in [0.2, 0.25) is 0 Å². The topological polar surface area (TPSA) is 77.8 Å². The molecule has 0 saturated carbocycles. The van der Waals surface area contributed by atoms with Gasteiger partial charge in [-0.1, -0.05) is 51.9 Å². The molecule has 0 aromatic rings. The summed E-state index contributed by atoms with van der Waals surface area (Å²) in [5, 5.41) is 27.8. The van der Waals surface area contributed by atoms with E-state index in [9.17, 15) is 15.0 Å². The van der Waals surface area contributed by atoms with E-state index in [1.807, 2.05) is 0 Å². The maximum absolute atomic E-state index is 10.4. The SMILES string of the molecule is CCCCC[C@@H](O)CCC[C@@H](CO)CCCCCCC(=O)O. The largest absolute Gasteiger partial charge is 0.481 e. The molecule has 0 aliphatic heterocycles. The Bertz CT molecular complexity index is 255. The van der Waals surface area contributed by atoms with Crippen LogP contribution in [0.15, 0.2) is 0 Å². The molecule has 0 spiro atoms. The molecule has 0 heterocycles. The minimum Gasteiger partial charge on any atom is -0.481 e. The van der Waals surface area contributed by atoms with Gasteiger partial charge in [0.15, 0.2) is 0 Å². The van der Waals surface area contributed by atoms with Crippen LogP contribution in [0.1, 0.15) is 90.4 Å². The van der Waals surface area contributed by atoms with Crippen molar-refractivity contribution in [2.45, 2.75) is 96.5 Å². The highest BCUT2D eigenvalue weighted by Gasteiger charge is 2.09. The molecule has 0 fully saturated rings. The van der Waals surface area contributed by atoms with Crippen LogP contribution >= 0.6 is 0 Å². The van der Waals surface area contributed by atoms with Gasteiger partial charge in [-0.05, 0) is 38.0 Å². The highest BCUT2D eigenvalue weighted by Crippen LogP contribution is 2.19. The van der Waals surface area contributed by atoms with E-state index >= 15 is 0 Å². The summed E-state index contributed by atoms with van der Waals surface area (Å²) in [5.41, 5.74) is 0. The van der Waals surface area contributed by atoms with Crippen LogP contribution in [-0.2, 0) is 4.79 Å². The summed E-state index contributed by atoms with van der Waals surface area (Å²) in [6.45, 7) is 2.39. The van der Waals surface area contributed by atoms with Crippen molar-refractivity contribution in [3.8, 4) is 0 Å². The van der Waals surface area contributed by atoms with Crippen molar-refractivity contribution < 1.29 is 20.1 Å². The predicted octanol–water partition coefficient (Wildman–Crippen LogP) is 4.13. The first-order valence-electron chi connectivity index (χ1n) is 9.10. The maximum Gasteiger partial charge on any atom is 0.303 e. The molecule has 22 heavy (non-hydrogen) atoms. The second kappa shape index (κ2) is 15.3. The number of carboxylic acid groups (broad SMARTS) is 1. The standard InChI is InChI=1S/C18H36O4/c1-2-3-6-12-17(20)13-9-11-16(15-19)10-7-4-5-8-14-18(21)22/h16-17,19-20H,2-15H2,1H3,(H,21,22)/t16-,17+/m0/s1. The van der Waals surface area contributed by atoms with Gasteiger partial charge < -0.3 is 15.3 Å². The smallest absolute Gasteiger partial charge is 0.303 e. The Morgan fingerprint density at radius 1 is 0.864 bits per heavy atom. The fraction of sp³-hybridized carbons (Fsp3) is 0.944. The lowest BCUT2D eigenvalue weighted by Gasteiger charge is -2.15. The molecule has 0 radical (unpaired) electrons. The predicted molar refractivity (Wildman–Crippen MR) is 89.9 cm³/mol. The average Bonchev–Trinajstić information content (AvgIpc) is 2.48. The van der Waals surface area contributed by atoms with Crippen LogP contribution in [0, 0.1) is 5.92 Å². The van der Waals surface area contributed by atoms with Gasteiger partial charge in [0.05, 0.1) is 6.10 Å². The van der Waals surface area contributed by atoms with Gasteiger partial charge in [0.1, 0.15) is 0 Å². The molecular formula is C18H36O4. The van der Waals surface area contributed by atoms with Crippen molar-refractivity contribution >= 4 is 5.97 Å². The summed E-state index contributed by atoms with van der Waals surface area (Å²) in [5.74, 6) is -0.381. The van der Waals surface area contributed by atoms with Crippen LogP contribution < -0.4 is 0 Å². The fourth-order valence-electron chi connectivity index (χ4n) is 2.81. The molecule has 0 amide bonds. The highest BCUT2D eigenvalue weighted by atomic mass is 16.4. The Morgan fingerprint density at radius 3 is 2.09 bits per heavy atom. The van der Waals surface area contributed by atoms with E-state index in [-0.39, 0.29) is 19.1 Å². The first-order valence-corrected chi connectivity index (χ1v) is 9.10. The molecule has 0 saturated heterocycles. The summed E-state index contributed by atoms with van der Waals surface area (Å²) in [6, 6.07) is 0. The van der Waals surface area contributed by atoms with Gasteiger partial charge in [-0.2, -0.15) is 0 Å². The zero-order valence-corrected chi connectivity index (χ0v) is 14.3. The number of aliphatic carboxylic acids is 1. The summed E-state index contributed by atoms with van der Waals surface area (Å²) in [7, 11) is 0. The molecule has 2 atom stereocenters. The second-order valence-corrected chi connectivity index (χ2v) is 6.48. The van der Waals surface area contributed by atoms with E-state index in [4.69, 9.17) is 5.11 Å². The lowest BCUT2D eigenvalue weighted by Crippen LogP contribution is -2.10. The van der Waals surface area contributed by atoms with E-state index in [1.165, 1.54) is 12.8 Å². The number of carboxylic acids is 1. The lowest BCUT2D eigenvalue weighted by atomic mass is 9.94. The number of unbranched alkanes of at least 4 members (excludes halogenated alkanes) is 5. The number of aliphatic hydroxyl groups is 2. The summed E-state index contributed by atoms with van der Waals surface area (Å²) in [6.07, 6.45) is 12.1. The van der Waals surface area contributed by atoms with E-state index in [2.05, 4.69) is 6.92 Å². The van der Waals surface area contributed by atoms with E-state index in [0.29, 0.717) is 5.92 Å². The van der Waals surface area contributed by atoms with E-state index in [0.717, 1.165) is 64.2 Å². The Hall–Kier alpha value is -0.610. The molecule has 0 bridgehead atoms. The maximum atomic E-state index is 10.4. The van der Waals surface area contributed by atoms with Crippen molar-refractivity contribution in [3.05, 3.63) is 0 Å². The summed E-state index contributed by atoms with van der Waals surface area (Å²) in [4.78, 5) is 10.4. The lowest BCUT2D eigenvalue weighted by molar-refractivity contribution is -0.137. The van der Waals surface area contributed by atoms with Crippen molar-refractivity contribution in [1.82, 2.24) is 0 Å². The zero-order valence-electron chi connectivity index (χ0n) is 14.3. The molecule has 4 nitrogen and oxygen atoms in total. The molecule has 0 aromatic carbocycles. The average molecular weight is 316 g/mol. The third-order valence-electron chi connectivity index (χ3n) is 4.30. The Labute approximate surface area is 135 Å². The highest BCUT2D eigenvalue weighted by molar-refractivity contribution is 5.66. The number of aliphatic hydroxyl groups excluding tert-OH is 2. The molecule has 3 N–H and O–H groups in total. The van der Waals surface area contributed by atoms with Crippen LogP contribution in [0.5, 0.6) is 0 Å². The molecule has 0 rings (SSSR count). The van der Waals surface area contributed by atoms with Gasteiger partial charge >= 0.3 is 5.97 Å². The summed E-state index contributed by atoms with van der Waals surface area (Å²) >= 11 is 0. The van der Waals surface area contributed by atoms with Gasteiger partial charge in [-0.25, -0.2) is 0 Å². The van der Waals surface area contributed by atoms with Gasteiger partial charge in [-0.3, -0.25) is 4.79 Å². The molecular weight excluding hydrogens is 280 g/mol. The van der Waals surface area contributed by atoms with Gasteiger partial charge in [0.2, 0.25) is 0 Å². The van der Waals surface area contributed by atoms with Gasteiger partial charge in [0, 0.05) is 13.0 Å². The number of carbonyl (C=O) groups is 1. The Balaban J connectivity index is 3.51. The van der Waals surface area contributed by atoms with Gasteiger partial charge in [0.25, 0.3) is 0 Å². The Kier molecular flexibility index (Phi) is 14.9. The van der Waals surface area contributed by atoms with Crippen molar-refractivity contribution in [2.75, 3.05) is 6.61 Å². The molecule has 0 aliphatic rings. The van der Waals surface area contributed by atoms with Crippen molar-refractivity contribution in [2.24, 2.45) is 5.92 Å². The van der Waals surface area contributed by atoms with Crippen molar-refractivity contribution in [3.63, 3.8) is 0 Å². The van der Waals surface area contributed by atoms with E-state index < -0.39 is 5.97 Å². The molecule has 4 heteroatoms. The van der Waals surface area contributed by atoms with Crippen LogP contribution in [0.3, 0.4) is 0 Å². The molecule has 0 unspecified atom stereocenters.